The van der Waals surface area contributed by atoms with Crippen LogP contribution in [-0.2, 0) is 0 Å². The molecular formula is C19H17NO. The van der Waals surface area contributed by atoms with E-state index in [1.54, 1.807) is 0 Å². The van der Waals surface area contributed by atoms with Gasteiger partial charge in [-0.25, -0.2) is 0 Å². The quantitative estimate of drug-likeness (QED) is 0.615. The highest BCUT2D eigenvalue weighted by molar-refractivity contribution is 5.87. The second kappa shape index (κ2) is 6.23. The van der Waals surface area contributed by atoms with Crippen LogP contribution in [0.3, 0.4) is 0 Å². The SMILES string of the molecule is CCOc1ccc(C=Nc2ccc3ccccc3c2)cc1. The zero-order chi connectivity index (χ0) is 14.5. The van der Waals surface area contributed by atoms with Crippen molar-refractivity contribution in [2.45, 2.75) is 6.92 Å². The predicted octanol–water partition coefficient (Wildman–Crippen LogP) is 4.99. The Hall–Kier alpha value is -2.61. The maximum absolute atomic E-state index is 5.43. The molecule has 3 aromatic carbocycles. The lowest BCUT2D eigenvalue weighted by Gasteiger charge is -2.02. The standard InChI is InChI=1S/C19H17NO/c1-2-21-19-11-7-15(8-12-19)14-20-18-10-9-16-5-3-4-6-17(16)13-18/h3-14H,2H2,1H3. The van der Waals surface area contributed by atoms with Crippen molar-refractivity contribution in [3.8, 4) is 5.75 Å². The number of hydrogen-bond acceptors (Lipinski definition) is 2. The molecule has 2 heteroatoms. The molecule has 0 aliphatic heterocycles. The first-order valence-corrected chi connectivity index (χ1v) is 7.11. The second-order valence-corrected chi connectivity index (χ2v) is 4.79. The Balaban J connectivity index is 1.80. The van der Waals surface area contributed by atoms with Crippen LogP contribution in [0, 0.1) is 0 Å². The lowest BCUT2D eigenvalue weighted by molar-refractivity contribution is 0.340. The maximum atomic E-state index is 5.43. The molecule has 0 heterocycles. The molecule has 104 valence electrons. The number of fused-ring (bicyclic) bond motifs is 1. The predicted molar refractivity (Wildman–Crippen MR) is 88.8 cm³/mol. The molecule has 0 fully saturated rings. The third-order valence-electron chi connectivity index (χ3n) is 3.29. The van der Waals surface area contributed by atoms with Gasteiger partial charge in [-0.1, -0.05) is 30.3 Å². The third-order valence-corrected chi connectivity index (χ3v) is 3.29. The van der Waals surface area contributed by atoms with Crippen LogP contribution in [0.5, 0.6) is 5.75 Å². The van der Waals surface area contributed by atoms with Gasteiger partial charge in [0.05, 0.1) is 12.3 Å². The monoisotopic (exact) mass is 275 g/mol. The fourth-order valence-corrected chi connectivity index (χ4v) is 2.22. The third kappa shape index (κ3) is 3.29. The molecule has 0 N–H and O–H groups in total. The van der Waals surface area contributed by atoms with E-state index in [1.165, 1.54) is 10.8 Å². The molecule has 0 aromatic heterocycles. The van der Waals surface area contributed by atoms with Gasteiger partial charge in [0.1, 0.15) is 5.75 Å². The molecule has 0 radical (unpaired) electrons. The summed E-state index contributed by atoms with van der Waals surface area (Å²) in [6, 6.07) is 22.5. The largest absolute Gasteiger partial charge is 0.494 e. The molecule has 0 aliphatic rings. The van der Waals surface area contributed by atoms with Gasteiger partial charge in [-0.3, -0.25) is 4.99 Å². The molecule has 0 aliphatic carbocycles. The molecule has 3 aromatic rings. The lowest BCUT2D eigenvalue weighted by atomic mass is 10.1. The Morgan fingerprint density at radius 2 is 1.67 bits per heavy atom. The number of benzene rings is 3. The van der Waals surface area contributed by atoms with Gasteiger partial charge in [-0.15, -0.1) is 0 Å². The van der Waals surface area contributed by atoms with Crippen molar-refractivity contribution in [2.75, 3.05) is 6.61 Å². The fraction of sp³-hybridized carbons (Fsp3) is 0.105. The summed E-state index contributed by atoms with van der Waals surface area (Å²) < 4.78 is 5.43. The molecule has 2 nitrogen and oxygen atoms in total. The lowest BCUT2D eigenvalue weighted by Crippen LogP contribution is -1.91. The number of hydrogen-bond donors (Lipinski definition) is 0. The number of aliphatic imine (C=N–C) groups is 1. The first-order valence-electron chi connectivity index (χ1n) is 7.11. The van der Waals surface area contributed by atoms with E-state index in [4.69, 9.17) is 4.74 Å². The average molecular weight is 275 g/mol. The molecule has 0 saturated heterocycles. The molecule has 0 atom stereocenters. The molecule has 0 bridgehead atoms. The molecule has 0 unspecified atom stereocenters. The highest BCUT2D eigenvalue weighted by Gasteiger charge is 1.95. The van der Waals surface area contributed by atoms with Crippen LogP contribution >= 0.6 is 0 Å². The normalized spacial score (nSPS) is 11.1. The van der Waals surface area contributed by atoms with Crippen LogP contribution in [0.1, 0.15) is 12.5 Å². The minimum absolute atomic E-state index is 0.685. The van der Waals surface area contributed by atoms with E-state index in [0.717, 1.165) is 17.0 Å². The minimum atomic E-state index is 0.685. The van der Waals surface area contributed by atoms with Crippen molar-refractivity contribution in [1.82, 2.24) is 0 Å². The van der Waals surface area contributed by atoms with Gasteiger partial charge >= 0.3 is 0 Å². The van der Waals surface area contributed by atoms with E-state index < -0.39 is 0 Å². The first kappa shape index (κ1) is 13.4. The fourth-order valence-electron chi connectivity index (χ4n) is 2.22. The van der Waals surface area contributed by atoms with E-state index >= 15 is 0 Å². The molecule has 0 spiro atoms. The summed E-state index contributed by atoms with van der Waals surface area (Å²) in [6.45, 7) is 2.67. The van der Waals surface area contributed by atoms with Crippen molar-refractivity contribution in [2.24, 2.45) is 4.99 Å². The van der Waals surface area contributed by atoms with E-state index in [1.807, 2.05) is 55.6 Å². The molecule has 0 amide bonds. The molecule has 0 saturated carbocycles. The smallest absolute Gasteiger partial charge is 0.119 e. The topological polar surface area (TPSA) is 21.6 Å². The summed E-state index contributed by atoms with van der Waals surface area (Å²) in [5.41, 5.74) is 2.02. The van der Waals surface area contributed by atoms with Crippen molar-refractivity contribution in [3.63, 3.8) is 0 Å². The van der Waals surface area contributed by atoms with Gasteiger partial charge in [0, 0.05) is 6.21 Å². The summed E-state index contributed by atoms with van der Waals surface area (Å²) in [5.74, 6) is 0.889. The van der Waals surface area contributed by atoms with Crippen LogP contribution in [0.25, 0.3) is 10.8 Å². The Bertz CT molecular complexity index is 760. The van der Waals surface area contributed by atoms with Crippen molar-refractivity contribution in [1.29, 1.82) is 0 Å². The van der Waals surface area contributed by atoms with Crippen LogP contribution in [0.4, 0.5) is 5.69 Å². The maximum Gasteiger partial charge on any atom is 0.119 e. The van der Waals surface area contributed by atoms with Crippen molar-refractivity contribution >= 4 is 22.7 Å². The summed E-state index contributed by atoms with van der Waals surface area (Å²) in [5, 5.41) is 2.44. The Kier molecular flexibility index (Phi) is 3.97. The van der Waals surface area contributed by atoms with Crippen molar-refractivity contribution < 1.29 is 4.74 Å². The van der Waals surface area contributed by atoms with E-state index in [2.05, 4.69) is 29.3 Å². The Morgan fingerprint density at radius 3 is 2.43 bits per heavy atom. The first-order chi connectivity index (χ1) is 10.3. The molecule has 21 heavy (non-hydrogen) atoms. The van der Waals surface area contributed by atoms with Crippen LogP contribution in [0.2, 0.25) is 0 Å². The van der Waals surface area contributed by atoms with Gasteiger partial charge in [0.2, 0.25) is 0 Å². The van der Waals surface area contributed by atoms with Crippen molar-refractivity contribution in [3.05, 3.63) is 72.3 Å². The van der Waals surface area contributed by atoms with E-state index in [9.17, 15) is 0 Å². The number of nitrogens with zero attached hydrogens (tertiary/aromatic N) is 1. The Labute approximate surface area is 124 Å². The average Bonchev–Trinajstić information content (AvgIpc) is 2.54. The zero-order valence-corrected chi connectivity index (χ0v) is 12.0. The summed E-state index contributed by atoms with van der Waals surface area (Å²) in [4.78, 5) is 4.54. The van der Waals surface area contributed by atoms with Gasteiger partial charge in [-0.2, -0.15) is 0 Å². The summed E-state index contributed by atoms with van der Waals surface area (Å²) in [6.07, 6.45) is 1.87. The van der Waals surface area contributed by atoms with Gasteiger partial charge in [0.15, 0.2) is 0 Å². The number of ether oxygens (including phenoxy) is 1. The van der Waals surface area contributed by atoms with Gasteiger partial charge in [-0.05, 0) is 59.7 Å². The van der Waals surface area contributed by atoms with E-state index in [0.29, 0.717) is 6.61 Å². The minimum Gasteiger partial charge on any atom is -0.494 e. The van der Waals surface area contributed by atoms with Crippen LogP contribution in [0.15, 0.2) is 71.7 Å². The second-order valence-electron chi connectivity index (χ2n) is 4.79. The number of rotatable bonds is 4. The highest BCUT2D eigenvalue weighted by Crippen LogP contribution is 2.21. The van der Waals surface area contributed by atoms with Crippen LogP contribution in [-0.4, -0.2) is 12.8 Å². The summed E-state index contributed by atoms with van der Waals surface area (Å²) >= 11 is 0. The van der Waals surface area contributed by atoms with Gasteiger partial charge < -0.3 is 4.74 Å². The van der Waals surface area contributed by atoms with Crippen LogP contribution < -0.4 is 4.74 Å². The summed E-state index contributed by atoms with van der Waals surface area (Å²) in [7, 11) is 0. The highest BCUT2D eigenvalue weighted by atomic mass is 16.5. The van der Waals surface area contributed by atoms with Gasteiger partial charge in [0.25, 0.3) is 0 Å². The molecular weight excluding hydrogens is 258 g/mol. The molecule has 3 rings (SSSR count). The zero-order valence-electron chi connectivity index (χ0n) is 12.0. The Morgan fingerprint density at radius 1 is 0.905 bits per heavy atom. The van der Waals surface area contributed by atoms with E-state index in [-0.39, 0.29) is 0 Å².